The lowest BCUT2D eigenvalue weighted by molar-refractivity contribution is -0.121. The zero-order valence-corrected chi connectivity index (χ0v) is 18.8. The number of nitrogens with zero attached hydrogens (tertiary/aromatic N) is 1. The minimum absolute atomic E-state index is 0.0326. The molecule has 1 amide bonds. The third-order valence-corrected chi connectivity index (χ3v) is 6.36. The molecule has 156 valence electrons. The molecular weight excluding hydrogens is 446 g/mol. The summed E-state index contributed by atoms with van der Waals surface area (Å²) in [6.45, 7) is 4.12. The third-order valence-electron chi connectivity index (χ3n) is 5.83. The van der Waals surface area contributed by atoms with Gasteiger partial charge in [0.1, 0.15) is 0 Å². The van der Waals surface area contributed by atoms with Crippen LogP contribution in [0.25, 0.3) is 0 Å². The van der Waals surface area contributed by atoms with E-state index in [1.54, 1.807) is 23.1 Å². The lowest BCUT2D eigenvalue weighted by Crippen LogP contribution is -2.43. The molecule has 0 spiro atoms. The van der Waals surface area contributed by atoms with Gasteiger partial charge in [0, 0.05) is 40.2 Å². The minimum atomic E-state index is -0.350. The molecule has 1 aliphatic carbocycles. The van der Waals surface area contributed by atoms with Gasteiger partial charge in [0.15, 0.2) is 17.3 Å². The second kappa shape index (κ2) is 7.58. The lowest BCUT2D eigenvalue weighted by atomic mass is 9.69. The van der Waals surface area contributed by atoms with Crippen LogP contribution < -0.4 is 9.64 Å². The second-order valence-electron chi connectivity index (χ2n) is 8.69. The monoisotopic (exact) mass is 469 g/mol. The fourth-order valence-electron chi connectivity index (χ4n) is 4.50. The van der Waals surface area contributed by atoms with E-state index in [4.69, 9.17) is 4.74 Å². The normalized spacial score (nSPS) is 20.9. The first-order chi connectivity index (χ1) is 14.2. The van der Waals surface area contributed by atoms with Crippen molar-refractivity contribution in [2.75, 3.05) is 12.0 Å². The number of methoxy groups -OCH3 is 1. The number of ketones is 1. The predicted octanol–water partition coefficient (Wildman–Crippen LogP) is 5.33. The number of rotatable bonds is 3. The zero-order valence-electron chi connectivity index (χ0n) is 17.2. The summed E-state index contributed by atoms with van der Waals surface area (Å²) in [5.74, 6) is 0.0509. The summed E-state index contributed by atoms with van der Waals surface area (Å²) in [6.07, 6.45) is 1.27. The van der Waals surface area contributed by atoms with Crippen LogP contribution in [0.4, 0.5) is 5.69 Å². The molecule has 0 saturated carbocycles. The number of anilines is 1. The van der Waals surface area contributed by atoms with Crippen LogP contribution >= 0.6 is 15.9 Å². The van der Waals surface area contributed by atoms with Gasteiger partial charge in [-0.1, -0.05) is 35.8 Å². The summed E-state index contributed by atoms with van der Waals surface area (Å²) in [5, 5.41) is 9.97. The van der Waals surface area contributed by atoms with Gasteiger partial charge < -0.3 is 9.84 Å². The zero-order chi connectivity index (χ0) is 21.6. The molecule has 1 atom stereocenters. The van der Waals surface area contributed by atoms with Gasteiger partial charge in [-0.15, -0.1) is 0 Å². The molecule has 0 saturated heterocycles. The van der Waals surface area contributed by atoms with E-state index >= 15 is 0 Å². The quantitative estimate of drug-likeness (QED) is 0.659. The lowest BCUT2D eigenvalue weighted by Gasteiger charge is -2.43. The molecule has 0 bridgehead atoms. The van der Waals surface area contributed by atoms with Crippen molar-refractivity contribution >= 4 is 33.3 Å². The van der Waals surface area contributed by atoms with Gasteiger partial charge in [-0.3, -0.25) is 14.5 Å². The number of aromatic hydroxyl groups is 1. The van der Waals surface area contributed by atoms with Crippen molar-refractivity contribution in [1.82, 2.24) is 0 Å². The molecule has 6 heteroatoms. The van der Waals surface area contributed by atoms with Crippen LogP contribution in [-0.2, 0) is 9.59 Å². The summed E-state index contributed by atoms with van der Waals surface area (Å²) in [5.41, 5.74) is 2.83. The Morgan fingerprint density at radius 3 is 2.47 bits per heavy atom. The van der Waals surface area contributed by atoms with Gasteiger partial charge in [-0.2, -0.15) is 0 Å². The maximum Gasteiger partial charge on any atom is 0.232 e. The van der Waals surface area contributed by atoms with E-state index in [9.17, 15) is 14.7 Å². The Labute approximate surface area is 184 Å². The van der Waals surface area contributed by atoms with Crippen LogP contribution in [-0.4, -0.2) is 23.9 Å². The molecule has 1 aliphatic heterocycles. The van der Waals surface area contributed by atoms with E-state index in [2.05, 4.69) is 29.8 Å². The SMILES string of the molecule is COc1cc(C2CC(=O)N(c3ccc(Br)cc3)C3=C2C(=O)CC(C)(C)C3)ccc1O. The van der Waals surface area contributed by atoms with Crippen LogP contribution in [0, 0.1) is 5.41 Å². The van der Waals surface area contributed by atoms with Crippen molar-refractivity contribution in [3.8, 4) is 11.5 Å². The second-order valence-corrected chi connectivity index (χ2v) is 9.61. The van der Waals surface area contributed by atoms with Crippen LogP contribution in [0.5, 0.6) is 11.5 Å². The van der Waals surface area contributed by atoms with Gasteiger partial charge in [-0.25, -0.2) is 0 Å². The number of Topliss-reactive ketones (excluding diaryl/α,β-unsaturated/α-hetero) is 1. The highest BCUT2D eigenvalue weighted by molar-refractivity contribution is 9.10. The Bertz CT molecular complexity index is 1060. The first-order valence-corrected chi connectivity index (χ1v) is 10.7. The molecule has 0 radical (unpaired) electrons. The Morgan fingerprint density at radius 2 is 1.80 bits per heavy atom. The van der Waals surface area contributed by atoms with Crippen molar-refractivity contribution in [1.29, 1.82) is 0 Å². The maximum atomic E-state index is 13.3. The van der Waals surface area contributed by atoms with E-state index < -0.39 is 0 Å². The van der Waals surface area contributed by atoms with Gasteiger partial charge in [0.25, 0.3) is 0 Å². The molecule has 1 heterocycles. The van der Waals surface area contributed by atoms with Crippen molar-refractivity contribution in [2.45, 2.75) is 39.0 Å². The van der Waals surface area contributed by atoms with E-state index in [0.29, 0.717) is 24.2 Å². The Balaban J connectivity index is 1.89. The third kappa shape index (κ3) is 3.65. The topological polar surface area (TPSA) is 66.8 Å². The average Bonchev–Trinajstić information content (AvgIpc) is 2.68. The van der Waals surface area contributed by atoms with Gasteiger partial charge in [0.2, 0.25) is 5.91 Å². The van der Waals surface area contributed by atoms with Crippen molar-refractivity contribution < 1.29 is 19.4 Å². The number of ether oxygens (including phenoxy) is 1. The highest BCUT2D eigenvalue weighted by Gasteiger charge is 2.44. The van der Waals surface area contributed by atoms with Crippen LogP contribution in [0.3, 0.4) is 0 Å². The first kappa shape index (κ1) is 20.7. The molecule has 0 aromatic heterocycles. The number of phenolic OH excluding ortho intramolecular Hbond substituents is 1. The number of allylic oxidation sites excluding steroid dienone is 2. The largest absolute Gasteiger partial charge is 0.504 e. The highest BCUT2D eigenvalue weighted by Crippen LogP contribution is 2.48. The van der Waals surface area contributed by atoms with Gasteiger partial charge >= 0.3 is 0 Å². The smallest absolute Gasteiger partial charge is 0.232 e. The Morgan fingerprint density at radius 1 is 1.10 bits per heavy atom. The fraction of sp³-hybridized carbons (Fsp3) is 0.333. The maximum absolute atomic E-state index is 13.3. The molecule has 30 heavy (non-hydrogen) atoms. The summed E-state index contributed by atoms with van der Waals surface area (Å²) in [7, 11) is 1.49. The average molecular weight is 470 g/mol. The molecule has 4 rings (SSSR count). The van der Waals surface area contributed by atoms with Gasteiger partial charge in [-0.05, 0) is 53.8 Å². The summed E-state index contributed by atoms with van der Waals surface area (Å²) >= 11 is 3.44. The number of benzene rings is 2. The molecular formula is C24H24BrNO4. The number of hydrogen-bond donors (Lipinski definition) is 1. The predicted molar refractivity (Wildman–Crippen MR) is 119 cm³/mol. The summed E-state index contributed by atoms with van der Waals surface area (Å²) < 4.78 is 6.18. The van der Waals surface area contributed by atoms with Crippen LogP contribution in [0.15, 0.2) is 58.2 Å². The van der Waals surface area contributed by atoms with Crippen molar-refractivity contribution in [2.24, 2.45) is 5.41 Å². The molecule has 2 aliphatic rings. The number of amides is 1. The molecule has 1 N–H and O–H groups in total. The number of carbonyl (C=O) groups is 2. The van der Waals surface area contributed by atoms with E-state index in [-0.39, 0.29) is 35.2 Å². The molecule has 1 unspecified atom stereocenters. The number of carbonyl (C=O) groups excluding carboxylic acids is 2. The van der Waals surface area contributed by atoms with Crippen molar-refractivity contribution in [3.63, 3.8) is 0 Å². The Kier molecular flexibility index (Phi) is 5.22. The number of phenols is 1. The van der Waals surface area contributed by atoms with E-state index in [1.165, 1.54) is 7.11 Å². The minimum Gasteiger partial charge on any atom is -0.504 e. The molecule has 2 aromatic rings. The van der Waals surface area contributed by atoms with Crippen LogP contribution in [0.1, 0.15) is 44.6 Å². The van der Waals surface area contributed by atoms with E-state index in [1.807, 2.05) is 24.3 Å². The molecule has 2 aromatic carbocycles. The first-order valence-electron chi connectivity index (χ1n) is 9.92. The highest BCUT2D eigenvalue weighted by atomic mass is 79.9. The molecule has 0 fully saturated rings. The summed E-state index contributed by atoms with van der Waals surface area (Å²) in [6, 6.07) is 12.6. The van der Waals surface area contributed by atoms with E-state index in [0.717, 1.165) is 21.4 Å². The van der Waals surface area contributed by atoms with Crippen LogP contribution in [0.2, 0.25) is 0 Å². The van der Waals surface area contributed by atoms with Gasteiger partial charge in [0.05, 0.1) is 7.11 Å². The standard InChI is InChI=1S/C24H24BrNO4/c1-24(2)12-18-23(20(28)13-24)17(14-4-9-19(27)21(10-14)30-3)11-22(29)26(18)16-7-5-15(25)6-8-16/h4-10,17,27H,11-13H2,1-3H3. The number of hydrogen-bond acceptors (Lipinski definition) is 4. The number of halogens is 1. The molecule has 5 nitrogen and oxygen atoms in total. The fourth-order valence-corrected chi connectivity index (χ4v) is 4.77. The Hall–Kier alpha value is -2.60. The van der Waals surface area contributed by atoms with Crippen molar-refractivity contribution in [3.05, 3.63) is 63.8 Å². The summed E-state index contributed by atoms with van der Waals surface area (Å²) in [4.78, 5) is 28.4.